The predicted molar refractivity (Wildman–Crippen MR) is 116 cm³/mol. The summed E-state index contributed by atoms with van der Waals surface area (Å²) >= 11 is 5.21. The van der Waals surface area contributed by atoms with Gasteiger partial charge in [0.2, 0.25) is 0 Å². The van der Waals surface area contributed by atoms with Crippen molar-refractivity contribution in [3.8, 4) is 0 Å². The molecule has 0 bridgehead atoms. The topological polar surface area (TPSA) is 90.5 Å². The van der Waals surface area contributed by atoms with Crippen molar-refractivity contribution in [1.29, 1.82) is 0 Å². The zero-order chi connectivity index (χ0) is 20.4. The summed E-state index contributed by atoms with van der Waals surface area (Å²) in [4.78, 5) is 2.36. The maximum atomic E-state index is 6.45. The van der Waals surface area contributed by atoms with E-state index in [9.17, 15) is 0 Å². The molecule has 0 amide bonds. The Labute approximate surface area is 172 Å². The van der Waals surface area contributed by atoms with Crippen LogP contribution in [0.1, 0.15) is 46.0 Å². The Morgan fingerprint density at radius 2 is 1.52 bits per heavy atom. The van der Waals surface area contributed by atoms with Crippen molar-refractivity contribution in [1.82, 2.24) is 4.90 Å². The molecule has 0 aromatic rings. The number of halogens is 1. The molecule has 0 aromatic heterocycles. The van der Waals surface area contributed by atoms with Crippen molar-refractivity contribution < 1.29 is 4.74 Å². The van der Waals surface area contributed by atoms with E-state index in [1.54, 1.807) is 0 Å². The second-order valence-corrected chi connectivity index (χ2v) is 7.78. The highest BCUT2D eigenvalue weighted by Gasteiger charge is 2.43. The number of rotatable bonds is 3. The third-order valence-corrected chi connectivity index (χ3v) is 5.71. The zero-order valence-electron chi connectivity index (χ0n) is 16.9. The highest BCUT2D eigenvalue weighted by molar-refractivity contribution is 6.40. The third-order valence-electron chi connectivity index (χ3n) is 5.58. The van der Waals surface area contributed by atoms with E-state index >= 15 is 0 Å². The van der Waals surface area contributed by atoms with E-state index in [1.165, 1.54) is 31.4 Å². The minimum atomic E-state index is -0.603. The Hall–Kier alpha value is -0.780. The van der Waals surface area contributed by atoms with Crippen LogP contribution in [-0.4, -0.2) is 52.2 Å². The molecule has 4 radical (unpaired) electrons. The molecule has 3 aliphatic rings. The van der Waals surface area contributed by atoms with E-state index in [0.29, 0.717) is 5.92 Å². The molecule has 2 aliphatic heterocycles. The first-order valence-corrected chi connectivity index (χ1v) is 10.4. The van der Waals surface area contributed by atoms with Crippen LogP contribution < -0.4 is 17.2 Å². The second-order valence-electron chi connectivity index (χ2n) is 7.35. The number of nitrogens with zero attached hydrogens (tertiary/aromatic N) is 1. The number of ether oxygens (including phenoxy) is 1. The van der Waals surface area contributed by atoms with Crippen LogP contribution in [0.4, 0.5) is 0 Å². The first-order chi connectivity index (χ1) is 12.8. The summed E-state index contributed by atoms with van der Waals surface area (Å²) in [5.41, 5.74) is 15.1. The molecular weight excluding hydrogens is 357 g/mol. The standard InChI is InChI=1S/C13H21B2NO.C4H8ClN3.C2H6/c14-13(15,12-4-6-17-7-5-12)16-8-10-2-1-3-11(10)9-16;5-3(6)1-2-4(7)8;1-2/h10-12H,1-9H2;1-2H,6-8H2;1-2H3/b;3-1-;. The highest BCUT2D eigenvalue weighted by Crippen LogP contribution is 2.41. The fourth-order valence-corrected chi connectivity index (χ4v) is 4.21. The predicted octanol–water partition coefficient (Wildman–Crippen LogP) is 1.95. The molecule has 2 saturated heterocycles. The molecule has 0 spiro atoms. The summed E-state index contributed by atoms with van der Waals surface area (Å²) in [7, 11) is 12.9. The van der Waals surface area contributed by atoms with Crippen LogP contribution in [0, 0.1) is 17.8 Å². The first kappa shape index (κ1) is 24.3. The normalized spacial score (nSPS) is 26.3. The lowest BCUT2D eigenvalue weighted by Crippen LogP contribution is -2.55. The van der Waals surface area contributed by atoms with Crippen LogP contribution >= 0.6 is 11.6 Å². The van der Waals surface area contributed by atoms with Crippen LogP contribution in [-0.2, 0) is 4.74 Å². The molecule has 8 heteroatoms. The molecule has 5 nitrogen and oxygen atoms in total. The molecule has 150 valence electrons. The van der Waals surface area contributed by atoms with E-state index in [4.69, 9.17) is 49.2 Å². The smallest absolute Gasteiger partial charge is 0.0993 e. The highest BCUT2D eigenvalue weighted by atomic mass is 35.5. The van der Waals surface area contributed by atoms with E-state index in [-0.39, 0.29) is 11.0 Å². The second kappa shape index (κ2) is 11.9. The molecule has 3 fully saturated rings. The lowest BCUT2D eigenvalue weighted by Gasteiger charge is -2.45. The molecule has 2 atom stereocenters. The number of likely N-dealkylation sites (tertiary alicyclic amines) is 1. The average molecular weight is 393 g/mol. The molecule has 27 heavy (non-hydrogen) atoms. The van der Waals surface area contributed by atoms with Crippen molar-refractivity contribution in [3.05, 3.63) is 23.1 Å². The molecule has 6 N–H and O–H groups in total. The molecule has 3 rings (SSSR count). The number of nitrogens with two attached hydrogens (primary N) is 3. The number of hydrogen-bond acceptors (Lipinski definition) is 5. The van der Waals surface area contributed by atoms with Gasteiger partial charge in [-0.1, -0.05) is 37.2 Å². The number of allylic oxidation sites excluding steroid dienone is 2. The largest absolute Gasteiger partial charge is 0.389 e. The summed E-state index contributed by atoms with van der Waals surface area (Å²) < 4.78 is 5.40. The van der Waals surface area contributed by atoms with E-state index in [1.807, 2.05) is 13.8 Å². The van der Waals surface area contributed by atoms with Gasteiger partial charge < -0.3 is 26.8 Å². The van der Waals surface area contributed by atoms with Crippen molar-refractivity contribution >= 4 is 27.3 Å². The Kier molecular flexibility index (Phi) is 10.7. The van der Waals surface area contributed by atoms with Gasteiger partial charge in [-0.25, -0.2) is 0 Å². The van der Waals surface area contributed by atoms with Crippen molar-refractivity contribution in [2.75, 3.05) is 26.3 Å². The molecule has 1 aliphatic carbocycles. The van der Waals surface area contributed by atoms with Gasteiger partial charge >= 0.3 is 0 Å². The Morgan fingerprint density at radius 3 is 1.93 bits per heavy atom. The van der Waals surface area contributed by atoms with Crippen LogP contribution in [0.5, 0.6) is 0 Å². The van der Waals surface area contributed by atoms with Gasteiger partial charge in [0.05, 0.1) is 26.7 Å². The molecule has 0 aromatic carbocycles. The van der Waals surface area contributed by atoms with Crippen LogP contribution in [0.15, 0.2) is 23.1 Å². The van der Waals surface area contributed by atoms with Gasteiger partial charge in [-0.15, -0.1) is 0 Å². The fraction of sp³-hybridized carbons (Fsp3) is 0.789. The fourth-order valence-electron chi connectivity index (χ4n) is 4.15. The number of hydrogen-bond donors (Lipinski definition) is 3. The maximum Gasteiger partial charge on any atom is 0.0993 e. The third kappa shape index (κ3) is 7.63. The van der Waals surface area contributed by atoms with Gasteiger partial charge in [-0.3, -0.25) is 0 Å². The van der Waals surface area contributed by atoms with E-state index < -0.39 is 5.34 Å². The lowest BCUT2D eigenvalue weighted by atomic mass is 9.52. The Balaban J connectivity index is 0.000000312. The van der Waals surface area contributed by atoms with Crippen LogP contribution in [0.3, 0.4) is 0 Å². The van der Waals surface area contributed by atoms with Gasteiger partial charge in [0, 0.05) is 26.3 Å². The average Bonchev–Trinajstić information content (AvgIpc) is 3.25. The Bertz CT molecular complexity index is 460. The van der Waals surface area contributed by atoms with Crippen LogP contribution in [0.2, 0.25) is 0 Å². The maximum absolute atomic E-state index is 6.45. The minimum absolute atomic E-state index is 0.165. The summed E-state index contributed by atoms with van der Waals surface area (Å²) in [5, 5.41) is -0.438. The van der Waals surface area contributed by atoms with Crippen molar-refractivity contribution in [3.63, 3.8) is 0 Å². The summed E-state index contributed by atoms with van der Waals surface area (Å²) in [6, 6.07) is 0. The molecular formula is C19H35B2ClN4O. The van der Waals surface area contributed by atoms with Gasteiger partial charge in [0.15, 0.2) is 0 Å². The zero-order valence-corrected chi connectivity index (χ0v) is 17.6. The van der Waals surface area contributed by atoms with Gasteiger partial charge in [0.25, 0.3) is 0 Å². The van der Waals surface area contributed by atoms with Crippen LogP contribution in [0.25, 0.3) is 0 Å². The number of fused-ring (bicyclic) bond motifs is 1. The lowest BCUT2D eigenvalue weighted by molar-refractivity contribution is 0.0375. The molecule has 2 unspecified atom stereocenters. The minimum Gasteiger partial charge on any atom is -0.389 e. The summed E-state index contributed by atoms with van der Waals surface area (Å²) in [6.45, 7) is 7.88. The molecule has 2 heterocycles. The SMILES string of the molecule is CC.NC(N)=C/C=C(\N)Cl.[B]C([B])(C1CCOCC1)N1CC2CCCC2C1. The van der Waals surface area contributed by atoms with Gasteiger partial charge in [0.1, 0.15) is 0 Å². The van der Waals surface area contributed by atoms with E-state index in [0.717, 1.165) is 51.0 Å². The first-order valence-electron chi connectivity index (χ1n) is 10.0. The summed E-state index contributed by atoms with van der Waals surface area (Å²) in [5.74, 6) is 2.31. The molecule has 1 saturated carbocycles. The van der Waals surface area contributed by atoms with Gasteiger partial charge in [-0.05, 0) is 55.6 Å². The van der Waals surface area contributed by atoms with Crippen molar-refractivity contribution in [2.24, 2.45) is 35.0 Å². The van der Waals surface area contributed by atoms with E-state index in [2.05, 4.69) is 4.90 Å². The monoisotopic (exact) mass is 392 g/mol. The van der Waals surface area contributed by atoms with Crippen molar-refractivity contribution in [2.45, 2.75) is 51.3 Å². The summed E-state index contributed by atoms with van der Waals surface area (Å²) in [6.07, 6.45) is 9.02. The quantitative estimate of drug-likeness (QED) is 0.388. The Morgan fingerprint density at radius 1 is 1.00 bits per heavy atom. The van der Waals surface area contributed by atoms with Gasteiger partial charge in [-0.2, -0.15) is 0 Å².